The third kappa shape index (κ3) is 4.87. The third-order valence-corrected chi connectivity index (χ3v) is 5.79. The summed E-state index contributed by atoms with van der Waals surface area (Å²) in [5, 5.41) is 0. The monoisotopic (exact) mass is 432 g/mol. The van der Waals surface area contributed by atoms with E-state index in [0.717, 1.165) is 17.0 Å². The summed E-state index contributed by atoms with van der Waals surface area (Å²) in [6, 6.07) is 22.6. The number of nitrogens with zero attached hydrogens (tertiary/aromatic N) is 3. The van der Waals surface area contributed by atoms with Gasteiger partial charge in [0.15, 0.2) is 0 Å². The second-order valence-electron chi connectivity index (χ2n) is 6.83. The Balaban J connectivity index is 1.77. The van der Waals surface area contributed by atoms with Crippen molar-refractivity contribution in [3.63, 3.8) is 0 Å². The summed E-state index contributed by atoms with van der Waals surface area (Å²) in [7, 11) is -3.86. The highest BCUT2D eigenvalue weighted by Gasteiger charge is 2.18. The van der Waals surface area contributed by atoms with Crippen LogP contribution in [0, 0.1) is 13.8 Å². The average molecular weight is 433 g/mol. The number of nitrogens with one attached hydrogen (secondary N) is 1. The maximum Gasteiger partial charge on any atom is 0.264 e. The lowest BCUT2D eigenvalue weighted by molar-refractivity contribution is 0.463. The number of benzene rings is 2. The molecule has 7 nitrogen and oxygen atoms in total. The number of pyridine rings is 1. The molecule has 2 aromatic heterocycles. The van der Waals surface area contributed by atoms with Crippen LogP contribution in [0.2, 0.25) is 0 Å². The number of anilines is 1. The molecule has 8 heteroatoms. The molecule has 0 fully saturated rings. The summed E-state index contributed by atoms with van der Waals surface area (Å²) in [6.07, 6.45) is 0. The Morgan fingerprint density at radius 2 is 1.48 bits per heavy atom. The van der Waals surface area contributed by atoms with Crippen molar-refractivity contribution in [2.75, 3.05) is 4.72 Å². The molecule has 0 spiro atoms. The molecule has 0 aliphatic rings. The van der Waals surface area contributed by atoms with Gasteiger partial charge in [-0.15, -0.1) is 0 Å². The van der Waals surface area contributed by atoms with Gasteiger partial charge in [-0.3, -0.25) is 4.98 Å². The zero-order chi connectivity index (χ0) is 21.8. The molecular weight excluding hydrogens is 412 g/mol. The fourth-order valence-corrected chi connectivity index (χ4v) is 3.97. The fourth-order valence-electron chi connectivity index (χ4n) is 3.01. The molecule has 0 aliphatic carbocycles. The number of hydrogen-bond donors (Lipinski definition) is 1. The lowest BCUT2D eigenvalue weighted by atomic mass is 10.1. The predicted molar refractivity (Wildman–Crippen MR) is 119 cm³/mol. The largest absolute Gasteiger partial charge is 0.439 e. The van der Waals surface area contributed by atoms with Gasteiger partial charge >= 0.3 is 0 Å². The van der Waals surface area contributed by atoms with Crippen molar-refractivity contribution in [2.24, 2.45) is 0 Å². The molecule has 0 saturated heterocycles. The molecule has 2 aromatic carbocycles. The Morgan fingerprint density at radius 1 is 0.806 bits per heavy atom. The second-order valence-corrected chi connectivity index (χ2v) is 8.52. The van der Waals surface area contributed by atoms with E-state index in [4.69, 9.17) is 4.74 Å². The van der Waals surface area contributed by atoms with Gasteiger partial charge in [0, 0.05) is 23.0 Å². The molecule has 0 atom stereocenters. The predicted octanol–water partition coefficient (Wildman–Crippen LogP) is 4.75. The molecule has 0 saturated carbocycles. The first-order chi connectivity index (χ1) is 14.9. The second kappa shape index (κ2) is 8.53. The zero-order valence-corrected chi connectivity index (χ0v) is 17.8. The smallest absolute Gasteiger partial charge is 0.264 e. The van der Waals surface area contributed by atoms with Crippen LogP contribution in [-0.4, -0.2) is 23.4 Å². The van der Waals surface area contributed by atoms with Gasteiger partial charge in [0.1, 0.15) is 5.75 Å². The first-order valence-corrected chi connectivity index (χ1v) is 11.0. The Morgan fingerprint density at radius 3 is 2.16 bits per heavy atom. The van der Waals surface area contributed by atoms with Gasteiger partial charge in [0.2, 0.25) is 11.8 Å². The van der Waals surface area contributed by atoms with E-state index in [0.29, 0.717) is 11.4 Å². The maximum absolute atomic E-state index is 12.8. The summed E-state index contributed by atoms with van der Waals surface area (Å²) in [4.78, 5) is 13.3. The summed E-state index contributed by atoms with van der Waals surface area (Å²) in [5.74, 6) is 0.692. The van der Waals surface area contributed by atoms with Crippen LogP contribution >= 0.6 is 0 Å². The minimum absolute atomic E-state index is 0.0905. The van der Waals surface area contributed by atoms with E-state index in [9.17, 15) is 8.42 Å². The fraction of sp³-hybridized carbons (Fsp3) is 0.0870. The van der Waals surface area contributed by atoms with E-state index in [1.54, 1.807) is 36.4 Å². The molecule has 4 rings (SSSR count). The van der Waals surface area contributed by atoms with Crippen molar-refractivity contribution in [1.82, 2.24) is 15.0 Å². The Kier molecular flexibility index (Phi) is 5.64. The highest BCUT2D eigenvalue weighted by atomic mass is 32.2. The summed E-state index contributed by atoms with van der Waals surface area (Å²) in [6.45, 7) is 3.77. The first kappa shape index (κ1) is 20.5. The highest BCUT2D eigenvalue weighted by molar-refractivity contribution is 7.92. The van der Waals surface area contributed by atoms with Crippen LogP contribution in [0.1, 0.15) is 11.4 Å². The lowest BCUT2D eigenvalue weighted by Gasteiger charge is -2.12. The molecule has 0 radical (unpaired) electrons. The number of aryl methyl sites for hydroxylation is 2. The van der Waals surface area contributed by atoms with Crippen LogP contribution in [-0.2, 0) is 10.0 Å². The van der Waals surface area contributed by atoms with Gasteiger partial charge in [0.25, 0.3) is 10.0 Å². The number of sulfonamides is 1. The van der Waals surface area contributed by atoms with Gasteiger partial charge in [-0.2, -0.15) is 4.98 Å². The van der Waals surface area contributed by atoms with Crippen molar-refractivity contribution in [2.45, 2.75) is 18.7 Å². The van der Waals surface area contributed by atoms with Gasteiger partial charge in [-0.05, 0) is 50.2 Å². The molecule has 0 aliphatic heterocycles. The summed E-state index contributed by atoms with van der Waals surface area (Å²) < 4.78 is 33.9. The first-order valence-electron chi connectivity index (χ1n) is 9.55. The minimum Gasteiger partial charge on any atom is -0.439 e. The topological polar surface area (TPSA) is 94.1 Å². The van der Waals surface area contributed by atoms with Crippen molar-refractivity contribution in [3.8, 4) is 22.9 Å². The number of rotatable bonds is 6. The maximum atomic E-state index is 12.8. The standard InChI is InChI=1S/C23H20N4O3S/c1-16-13-14-20(17(2)24-16)21-15-22(30-18-9-5-3-6-10-18)26-23(25-21)27-31(28,29)19-11-7-4-8-12-19/h3-15H,1-2H3,(H,25,26,27). The van der Waals surface area contributed by atoms with E-state index in [1.165, 1.54) is 12.1 Å². The van der Waals surface area contributed by atoms with E-state index in [-0.39, 0.29) is 16.7 Å². The van der Waals surface area contributed by atoms with E-state index >= 15 is 0 Å². The van der Waals surface area contributed by atoms with Crippen molar-refractivity contribution >= 4 is 16.0 Å². The highest BCUT2D eigenvalue weighted by Crippen LogP contribution is 2.28. The van der Waals surface area contributed by atoms with Crippen LogP contribution in [0.25, 0.3) is 11.3 Å². The molecule has 0 unspecified atom stereocenters. The van der Waals surface area contributed by atoms with Gasteiger partial charge in [0.05, 0.1) is 10.6 Å². The van der Waals surface area contributed by atoms with Crippen LogP contribution in [0.5, 0.6) is 11.6 Å². The van der Waals surface area contributed by atoms with Gasteiger partial charge in [-0.25, -0.2) is 18.1 Å². The molecule has 156 valence electrons. The summed E-state index contributed by atoms with van der Waals surface area (Å²) in [5.41, 5.74) is 2.89. The van der Waals surface area contributed by atoms with Crippen molar-refractivity contribution in [1.29, 1.82) is 0 Å². The Hall–Kier alpha value is -3.78. The molecule has 4 aromatic rings. The molecule has 1 N–H and O–H groups in total. The minimum atomic E-state index is -3.86. The molecule has 0 amide bonds. The Labute approximate surface area is 180 Å². The molecule has 2 heterocycles. The zero-order valence-electron chi connectivity index (χ0n) is 17.0. The number of hydrogen-bond acceptors (Lipinski definition) is 6. The van der Waals surface area contributed by atoms with Crippen LogP contribution in [0.15, 0.2) is 83.8 Å². The summed E-state index contributed by atoms with van der Waals surface area (Å²) >= 11 is 0. The van der Waals surface area contributed by atoms with E-state index in [2.05, 4.69) is 19.7 Å². The molecule has 31 heavy (non-hydrogen) atoms. The van der Waals surface area contributed by atoms with E-state index in [1.807, 2.05) is 44.2 Å². The quantitative estimate of drug-likeness (QED) is 0.473. The number of ether oxygens (including phenoxy) is 1. The third-order valence-electron chi connectivity index (χ3n) is 4.45. The normalized spacial score (nSPS) is 11.2. The van der Waals surface area contributed by atoms with Crippen molar-refractivity contribution < 1.29 is 13.2 Å². The van der Waals surface area contributed by atoms with E-state index < -0.39 is 10.0 Å². The molecule has 0 bridgehead atoms. The van der Waals surface area contributed by atoms with Crippen LogP contribution < -0.4 is 9.46 Å². The average Bonchev–Trinajstić information content (AvgIpc) is 2.74. The number of aromatic nitrogens is 3. The van der Waals surface area contributed by atoms with Gasteiger partial charge in [-0.1, -0.05) is 36.4 Å². The van der Waals surface area contributed by atoms with Crippen molar-refractivity contribution in [3.05, 3.63) is 90.3 Å². The SMILES string of the molecule is Cc1ccc(-c2cc(Oc3ccccc3)nc(NS(=O)(=O)c3ccccc3)n2)c(C)n1. The van der Waals surface area contributed by atoms with Gasteiger partial charge < -0.3 is 4.74 Å². The Bertz CT molecular complexity index is 1310. The van der Waals surface area contributed by atoms with Crippen LogP contribution in [0.4, 0.5) is 5.95 Å². The lowest BCUT2D eigenvalue weighted by Crippen LogP contribution is -2.15. The number of para-hydroxylation sites is 1. The van der Waals surface area contributed by atoms with Crippen LogP contribution in [0.3, 0.4) is 0 Å². The molecular formula is C23H20N4O3S.